The average molecular weight is 405 g/mol. The Balaban J connectivity index is 1.42. The molecule has 1 saturated heterocycles. The summed E-state index contributed by atoms with van der Waals surface area (Å²) >= 11 is 0. The second-order valence-corrected chi connectivity index (χ2v) is 8.13. The van der Waals surface area contributed by atoms with E-state index < -0.39 is 0 Å². The normalized spacial score (nSPS) is 15.9. The van der Waals surface area contributed by atoms with Crippen molar-refractivity contribution in [2.45, 2.75) is 26.8 Å². The fraction of sp³-hybridized carbons (Fsp3) is 0.375. The third-order valence-corrected chi connectivity index (χ3v) is 6.17. The summed E-state index contributed by atoms with van der Waals surface area (Å²) in [5.74, 6) is 1.01. The van der Waals surface area contributed by atoms with Crippen LogP contribution in [0.4, 0.5) is 5.95 Å². The van der Waals surface area contributed by atoms with E-state index in [-0.39, 0.29) is 11.8 Å². The summed E-state index contributed by atoms with van der Waals surface area (Å²) in [4.78, 5) is 25.3. The minimum absolute atomic E-state index is 0.203. The predicted octanol–water partition coefficient (Wildman–Crippen LogP) is 2.09. The molecule has 1 atom stereocenters. The van der Waals surface area contributed by atoms with Gasteiger partial charge in [-0.25, -0.2) is 9.97 Å². The van der Waals surface area contributed by atoms with E-state index in [1.807, 2.05) is 12.1 Å². The SMILES string of the molecule is Cc1cc(C(=O)C[NH+]2CCN(c3ncccn3)CC2)c(C)n1[C@@H](C)c1ccccc1. The molecular formula is C24H30N5O+. The van der Waals surface area contributed by atoms with Gasteiger partial charge in [0.15, 0.2) is 0 Å². The first-order valence-electron chi connectivity index (χ1n) is 10.7. The van der Waals surface area contributed by atoms with Gasteiger partial charge in [0.25, 0.3) is 0 Å². The number of nitrogens with one attached hydrogen (secondary N) is 1. The van der Waals surface area contributed by atoms with Gasteiger partial charge in [-0.3, -0.25) is 4.79 Å². The Morgan fingerprint density at radius 1 is 1.07 bits per heavy atom. The highest BCUT2D eigenvalue weighted by molar-refractivity contribution is 5.98. The molecule has 30 heavy (non-hydrogen) atoms. The van der Waals surface area contributed by atoms with Gasteiger partial charge in [-0.2, -0.15) is 0 Å². The maximum absolute atomic E-state index is 13.1. The number of aryl methyl sites for hydroxylation is 1. The number of piperazine rings is 1. The third-order valence-electron chi connectivity index (χ3n) is 6.17. The molecule has 3 aromatic rings. The molecule has 2 aromatic heterocycles. The highest BCUT2D eigenvalue weighted by Gasteiger charge is 2.26. The highest BCUT2D eigenvalue weighted by atomic mass is 16.1. The van der Waals surface area contributed by atoms with E-state index in [2.05, 4.69) is 70.5 Å². The number of rotatable bonds is 6. The van der Waals surface area contributed by atoms with Crippen LogP contribution < -0.4 is 9.80 Å². The molecule has 0 unspecified atom stereocenters. The van der Waals surface area contributed by atoms with Gasteiger partial charge in [-0.1, -0.05) is 30.3 Å². The number of hydrogen-bond acceptors (Lipinski definition) is 4. The van der Waals surface area contributed by atoms with Crippen LogP contribution in [0, 0.1) is 13.8 Å². The number of quaternary nitrogens is 1. The number of carbonyl (C=O) groups is 1. The van der Waals surface area contributed by atoms with Crippen LogP contribution in [0.2, 0.25) is 0 Å². The molecule has 1 N–H and O–H groups in total. The molecule has 0 aliphatic carbocycles. The van der Waals surface area contributed by atoms with Crippen molar-refractivity contribution >= 4 is 11.7 Å². The Morgan fingerprint density at radius 2 is 1.73 bits per heavy atom. The number of Topliss-reactive ketones (excluding diaryl/α,β-unsaturated/α-hetero) is 1. The van der Waals surface area contributed by atoms with Gasteiger partial charge in [0.05, 0.1) is 32.2 Å². The fourth-order valence-corrected chi connectivity index (χ4v) is 4.51. The van der Waals surface area contributed by atoms with Crippen molar-refractivity contribution in [1.29, 1.82) is 0 Å². The highest BCUT2D eigenvalue weighted by Crippen LogP contribution is 2.25. The lowest BCUT2D eigenvalue weighted by molar-refractivity contribution is -0.892. The van der Waals surface area contributed by atoms with Crippen LogP contribution in [0.1, 0.15) is 40.3 Å². The predicted molar refractivity (Wildman–Crippen MR) is 118 cm³/mol. The number of benzene rings is 1. The molecule has 156 valence electrons. The molecule has 6 heteroatoms. The summed E-state index contributed by atoms with van der Waals surface area (Å²) in [7, 11) is 0. The summed E-state index contributed by atoms with van der Waals surface area (Å²) in [6.07, 6.45) is 3.55. The van der Waals surface area contributed by atoms with Crippen molar-refractivity contribution < 1.29 is 9.69 Å². The largest absolute Gasteiger partial charge is 0.341 e. The van der Waals surface area contributed by atoms with Gasteiger partial charge in [0.1, 0.15) is 6.54 Å². The molecule has 6 nitrogen and oxygen atoms in total. The molecule has 4 rings (SSSR count). The van der Waals surface area contributed by atoms with Crippen molar-refractivity contribution in [3.63, 3.8) is 0 Å². The first kappa shape index (κ1) is 20.3. The number of hydrogen-bond donors (Lipinski definition) is 1. The minimum Gasteiger partial charge on any atom is -0.341 e. The molecule has 0 spiro atoms. The molecule has 3 heterocycles. The zero-order valence-corrected chi connectivity index (χ0v) is 18.0. The molecule has 1 fully saturated rings. The molecule has 1 aliphatic heterocycles. The van der Waals surface area contributed by atoms with Crippen molar-refractivity contribution in [3.8, 4) is 0 Å². The summed E-state index contributed by atoms with van der Waals surface area (Å²) in [6, 6.07) is 14.5. The van der Waals surface area contributed by atoms with Crippen LogP contribution in [-0.2, 0) is 0 Å². The van der Waals surface area contributed by atoms with E-state index in [1.165, 1.54) is 10.5 Å². The van der Waals surface area contributed by atoms with Gasteiger partial charge in [0, 0.05) is 29.3 Å². The molecule has 1 aliphatic rings. The lowest BCUT2D eigenvalue weighted by Gasteiger charge is -2.31. The van der Waals surface area contributed by atoms with Gasteiger partial charge in [0.2, 0.25) is 11.7 Å². The van der Waals surface area contributed by atoms with Gasteiger partial charge in [-0.05, 0) is 38.5 Å². The van der Waals surface area contributed by atoms with Crippen LogP contribution in [0.5, 0.6) is 0 Å². The summed E-state index contributed by atoms with van der Waals surface area (Å²) in [5, 5.41) is 0. The molecule has 0 bridgehead atoms. The molecule has 0 amide bonds. The van der Waals surface area contributed by atoms with E-state index in [4.69, 9.17) is 0 Å². The minimum atomic E-state index is 0.203. The molecular weight excluding hydrogens is 374 g/mol. The first-order valence-corrected chi connectivity index (χ1v) is 10.7. The van der Waals surface area contributed by atoms with E-state index in [1.54, 1.807) is 12.4 Å². The van der Waals surface area contributed by atoms with Gasteiger partial charge >= 0.3 is 0 Å². The smallest absolute Gasteiger partial charge is 0.225 e. The van der Waals surface area contributed by atoms with Crippen molar-refractivity contribution in [2.75, 3.05) is 37.6 Å². The van der Waals surface area contributed by atoms with Crippen LogP contribution in [0.25, 0.3) is 0 Å². The number of carbonyl (C=O) groups excluding carboxylic acids is 1. The first-order chi connectivity index (χ1) is 14.5. The van der Waals surface area contributed by atoms with E-state index >= 15 is 0 Å². The standard InChI is InChI=1S/C24H29N5O/c1-18-16-22(20(3)29(18)19(2)21-8-5-4-6-9-21)23(30)17-27-12-14-28(15-13-27)24-25-10-7-11-26-24/h4-11,16,19H,12-15,17H2,1-3H3/p+1/t19-/m0/s1. The van der Waals surface area contributed by atoms with Gasteiger partial charge < -0.3 is 14.4 Å². The zero-order chi connectivity index (χ0) is 21.1. The Bertz CT molecular complexity index is 991. The maximum Gasteiger partial charge on any atom is 0.225 e. The zero-order valence-electron chi connectivity index (χ0n) is 18.0. The molecule has 0 saturated carbocycles. The van der Waals surface area contributed by atoms with Gasteiger partial charge in [-0.15, -0.1) is 0 Å². The van der Waals surface area contributed by atoms with Crippen LogP contribution in [-0.4, -0.2) is 53.0 Å². The van der Waals surface area contributed by atoms with Crippen LogP contribution >= 0.6 is 0 Å². The Kier molecular flexibility index (Phi) is 5.95. The lowest BCUT2D eigenvalue weighted by Crippen LogP contribution is -3.15. The summed E-state index contributed by atoms with van der Waals surface area (Å²) < 4.78 is 2.28. The summed E-state index contributed by atoms with van der Waals surface area (Å²) in [5.41, 5.74) is 4.30. The van der Waals surface area contributed by atoms with Crippen molar-refractivity contribution in [3.05, 3.63) is 77.4 Å². The summed E-state index contributed by atoms with van der Waals surface area (Å²) in [6.45, 7) is 10.5. The average Bonchev–Trinajstić information content (AvgIpc) is 3.09. The second-order valence-electron chi connectivity index (χ2n) is 8.13. The van der Waals surface area contributed by atoms with Crippen LogP contribution in [0.15, 0.2) is 54.9 Å². The molecule has 1 aromatic carbocycles. The Labute approximate surface area is 178 Å². The number of aromatic nitrogens is 3. The lowest BCUT2D eigenvalue weighted by atomic mass is 10.1. The van der Waals surface area contributed by atoms with Crippen molar-refractivity contribution in [2.24, 2.45) is 0 Å². The Morgan fingerprint density at radius 3 is 2.40 bits per heavy atom. The number of nitrogens with zero attached hydrogens (tertiary/aromatic N) is 4. The third kappa shape index (κ3) is 4.14. The van der Waals surface area contributed by atoms with E-state index in [0.717, 1.165) is 49.1 Å². The van der Waals surface area contributed by atoms with Crippen molar-refractivity contribution in [1.82, 2.24) is 14.5 Å². The number of anilines is 1. The van der Waals surface area contributed by atoms with Crippen LogP contribution in [0.3, 0.4) is 0 Å². The van der Waals surface area contributed by atoms with E-state index in [9.17, 15) is 4.79 Å². The maximum atomic E-state index is 13.1. The number of ketones is 1. The molecule has 0 radical (unpaired) electrons. The topological polar surface area (TPSA) is 55.5 Å². The van der Waals surface area contributed by atoms with E-state index in [0.29, 0.717) is 6.54 Å². The monoisotopic (exact) mass is 404 g/mol. The quantitative estimate of drug-likeness (QED) is 0.640. The second kappa shape index (κ2) is 8.79. The Hall–Kier alpha value is -2.99. The fourth-order valence-electron chi connectivity index (χ4n) is 4.51.